The number of rotatable bonds is 14. The van der Waals surface area contributed by atoms with Crippen LogP contribution in [0.15, 0.2) is 12.2 Å². The Bertz CT molecular complexity index is 544. The lowest BCUT2D eigenvalue weighted by Gasteiger charge is -2.43. The molecule has 0 N–H and O–H groups in total. The quantitative estimate of drug-likeness (QED) is 0.170. The number of allylic oxidation sites excluding steroid dienone is 1. The molecule has 1 aliphatic carbocycles. The maximum Gasteiger partial charge on any atom is 0.106 e. The molecule has 0 aromatic carbocycles. The fourth-order valence-corrected chi connectivity index (χ4v) is 6.88. The molecule has 3 rings (SSSR count). The molecule has 0 aromatic heterocycles. The minimum atomic E-state index is -0.139. The summed E-state index contributed by atoms with van der Waals surface area (Å²) in [6.07, 6.45) is 18.5. The van der Waals surface area contributed by atoms with Gasteiger partial charge in [0.25, 0.3) is 0 Å². The first-order valence-corrected chi connectivity index (χ1v) is 13.7. The molecule has 2 aliphatic heterocycles. The van der Waals surface area contributed by atoms with Gasteiger partial charge in [0.2, 0.25) is 0 Å². The minimum Gasteiger partial charge on any atom is -0.380 e. The summed E-state index contributed by atoms with van der Waals surface area (Å²) < 4.78 is 18.5. The van der Waals surface area contributed by atoms with E-state index >= 15 is 0 Å². The first-order valence-electron chi connectivity index (χ1n) is 12.6. The van der Waals surface area contributed by atoms with E-state index in [0.29, 0.717) is 17.1 Å². The third-order valence-electron chi connectivity index (χ3n) is 7.41. The highest BCUT2D eigenvalue weighted by molar-refractivity contribution is 7.99. The Morgan fingerprint density at radius 3 is 2.37 bits per heavy atom. The second-order valence-electron chi connectivity index (χ2n) is 10.3. The van der Waals surface area contributed by atoms with Crippen LogP contribution in [0.2, 0.25) is 0 Å². The molecule has 30 heavy (non-hydrogen) atoms. The number of hydrogen-bond acceptors (Lipinski definition) is 4. The molecule has 174 valence electrons. The van der Waals surface area contributed by atoms with Crippen LogP contribution in [0.3, 0.4) is 0 Å². The molecule has 3 fully saturated rings. The fraction of sp³-hybridized carbons (Fsp3) is 0.923. The van der Waals surface area contributed by atoms with Gasteiger partial charge in [0.05, 0.1) is 18.3 Å². The summed E-state index contributed by atoms with van der Waals surface area (Å²) in [6.45, 7) is 9.90. The summed E-state index contributed by atoms with van der Waals surface area (Å²) in [6, 6.07) is 0. The molecule has 3 aliphatic rings. The molecular weight excluding hydrogens is 392 g/mol. The summed E-state index contributed by atoms with van der Waals surface area (Å²) in [5.41, 5.74) is -0.133. The van der Waals surface area contributed by atoms with Crippen LogP contribution in [0, 0.1) is 11.8 Å². The predicted octanol–water partition coefficient (Wildman–Crippen LogP) is 6.79. The highest BCUT2D eigenvalue weighted by Gasteiger charge is 2.71. The standard InChI is InChI=1S/C26H46O3S/c1-6-7-8-9-10-11-12-13-18-30-21-16-17-26(19-28-26)24(23(21)27-5)25(4)22(29-25)15-14-20(2)3/h14-15,20-24H,6-13,16-19H2,1-5H3/t21-,22-,23-,24?,25?,26+/m1/s1. The summed E-state index contributed by atoms with van der Waals surface area (Å²) >= 11 is 2.14. The zero-order valence-electron chi connectivity index (χ0n) is 20.2. The lowest BCUT2D eigenvalue weighted by Crippen LogP contribution is -2.53. The SMILES string of the molecule is CCCCCCCCCCS[C@@H]1CC[C@]2(CO2)C(C2(C)O[C@@H]2C=CC(C)C)[C@@H]1OC. The summed E-state index contributed by atoms with van der Waals surface area (Å²) in [4.78, 5) is 0. The van der Waals surface area contributed by atoms with E-state index in [2.05, 4.69) is 51.6 Å². The van der Waals surface area contributed by atoms with Crippen molar-refractivity contribution >= 4 is 11.8 Å². The third-order valence-corrected chi connectivity index (χ3v) is 8.86. The van der Waals surface area contributed by atoms with Crippen molar-refractivity contribution in [2.45, 2.75) is 121 Å². The second kappa shape index (κ2) is 11.2. The van der Waals surface area contributed by atoms with Gasteiger partial charge in [-0.1, -0.05) is 77.9 Å². The van der Waals surface area contributed by atoms with Gasteiger partial charge in [-0.05, 0) is 37.9 Å². The van der Waals surface area contributed by atoms with E-state index in [9.17, 15) is 0 Å². The van der Waals surface area contributed by atoms with Gasteiger partial charge in [-0.25, -0.2) is 0 Å². The zero-order valence-corrected chi connectivity index (χ0v) is 21.0. The van der Waals surface area contributed by atoms with Gasteiger partial charge in [-0.3, -0.25) is 0 Å². The van der Waals surface area contributed by atoms with Gasteiger partial charge < -0.3 is 14.2 Å². The van der Waals surface area contributed by atoms with E-state index in [1.807, 2.05) is 7.11 Å². The second-order valence-corrected chi connectivity index (χ2v) is 11.7. The van der Waals surface area contributed by atoms with Crippen LogP contribution >= 0.6 is 11.8 Å². The van der Waals surface area contributed by atoms with Crippen molar-refractivity contribution in [2.75, 3.05) is 19.5 Å². The third kappa shape index (κ3) is 6.05. The van der Waals surface area contributed by atoms with Gasteiger partial charge in [0.15, 0.2) is 0 Å². The Labute approximate surface area is 190 Å². The molecule has 2 heterocycles. The van der Waals surface area contributed by atoms with Crippen molar-refractivity contribution in [3.05, 3.63) is 12.2 Å². The largest absolute Gasteiger partial charge is 0.380 e. The van der Waals surface area contributed by atoms with Crippen molar-refractivity contribution in [2.24, 2.45) is 11.8 Å². The number of ether oxygens (including phenoxy) is 3. The average Bonchev–Trinajstić information content (AvgIpc) is 3.63. The van der Waals surface area contributed by atoms with Crippen molar-refractivity contribution < 1.29 is 14.2 Å². The lowest BCUT2D eigenvalue weighted by atomic mass is 9.69. The Morgan fingerprint density at radius 2 is 1.77 bits per heavy atom. The molecule has 0 bridgehead atoms. The molecule has 0 radical (unpaired) electrons. The van der Waals surface area contributed by atoms with Crippen LogP contribution in [0.5, 0.6) is 0 Å². The van der Waals surface area contributed by atoms with Crippen molar-refractivity contribution in [1.82, 2.24) is 0 Å². The van der Waals surface area contributed by atoms with Crippen molar-refractivity contribution in [1.29, 1.82) is 0 Å². The molecule has 2 saturated heterocycles. The van der Waals surface area contributed by atoms with E-state index in [4.69, 9.17) is 14.2 Å². The molecule has 4 heteroatoms. The number of unbranched alkanes of at least 4 members (excludes halogenated alkanes) is 7. The topological polar surface area (TPSA) is 34.3 Å². The molecule has 1 spiro atoms. The van der Waals surface area contributed by atoms with E-state index in [1.165, 1.54) is 63.5 Å². The minimum absolute atomic E-state index is 0.00535. The van der Waals surface area contributed by atoms with Gasteiger partial charge in [0, 0.05) is 18.3 Å². The Hall–Kier alpha value is -0.0300. The summed E-state index contributed by atoms with van der Waals surface area (Å²) in [5.74, 6) is 2.15. The van der Waals surface area contributed by atoms with Crippen LogP contribution in [0.1, 0.15) is 91.9 Å². The molecule has 6 atom stereocenters. The average molecular weight is 439 g/mol. The lowest BCUT2D eigenvalue weighted by molar-refractivity contribution is -0.0450. The van der Waals surface area contributed by atoms with Crippen LogP contribution < -0.4 is 0 Å². The van der Waals surface area contributed by atoms with E-state index in [0.717, 1.165) is 13.0 Å². The maximum atomic E-state index is 6.29. The number of epoxide rings is 2. The molecule has 0 aromatic rings. The summed E-state index contributed by atoms with van der Waals surface area (Å²) in [7, 11) is 1.90. The number of methoxy groups -OCH3 is 1. The van der Waals surface area contributed by atoms with E-state index < -0.39 is 0 Å². The molecule has 3 nitrogen and oxygen atoms in total. The van der Waals surface area contributed by atoms with Crippen LogP contribution in [0.25, 0.3) is 0 Å². The highest BCUT2D eigenvalue weighted by Crippen LogP contribution is 2.60. The molecule has 0 amide bonds. The zero-order chi connectivity index (χ0) is 21.6. The van der Waals surface area contributed by atoms with Crippen LogP contribution in [0.4, 0.5) is 0 Å². The van der Waals surface area contributed by atoms with E-state index in [1.54, 1.807) is 0 Å². The summed E-state index contributed by atoms with van der Waals surface area (Å²) in [5, 5.41) is 0.565. The van der Waals surface area contributed by atoms with Crippen molar-refractivity contribution in [3.63, 3.8) is 0 Å². The maximum absolute atomic E-state index is 6.29. The highest BCUT2D eigenvalue weighted by atomic mass is 32.2. The first-order chi connectivity index (χ1) is 14.5. The molecule has 1 saturated carbocycles. The smallest absolute Gasteiger partial charge is 0.106 e. The van der Waals surface area contributed by atoms with E-state index in [-0.39, 0.29) is 23.4 Å². The Morgan fingerprint density at radius 1 is 1.10 bits per heavy atom. The van der Waals surface area contributed by atoms with Crippen LogP contribution in [-0.2, 0) is 14.2 Å². The molecular formula is C26H46O3S. The van der Waals surface area contributed by atoms with Gasteiger partial charge >= 0.3 is 0 Å². The van der Waals surface area contributed by atoms with Crippen molar-refractivity contribution in [3.8, 4) is 0 Å². The first kappa shape index (κ1) is 24.6. The van der Waals surface area contributed by atoms with Gasteiger partial charge in [-0.2, -0.15) is 11.8 Å². The van der Waals surface area contributed by atoms with Crippen LogP contribution in [-0.4, -0.2) is 48.1 Å². The predicted molar refractivity (Wildman–Crippen MR) is 128 cm³/mol. The Balaban J connectivity index is 1.47. The Kier molecular flexibility index (Phi) is 9.19. The van der Waals surface area contributed by atoms with Gasteiger partial charge in [0.1, 0.15) is 11.7 Å². The molecule has 2 unspecified atom stereocenters. The fourth-order valence-electron chi connectivity index (χ4n) is 5.47. The number of hydrogen-bond donors (Lipinski definition) is 0. The number of thioether (sulfide) groups is 1. The monoisotopic (exact) mass is 438 g/mol. The normalized spacial score (nSPS) is 38.1. The van der Waals surface area contributed by atoms with Gasteiger partial charge in [-0.15, -0.1) is 0 Å².